The van der Waals surface area contributed by atoms with Gasteiger partial charge in [0.15, 0.2) is 0 Å². The number of fused-ring (bicyclic) bond motifs is 1. The van der Waals surface area contributed by atoms with Crippen molar-refractivity contribution in [2.75, 3.05) is 0 Å². The van der Waals surface area contributed by atoms with Crippen LogP contribution in [0.4, 0.5) is 5.69 Å². The lowest BCUT2D eigenvalue weighted by Crippen LogP contribution is -2.29. The van der Waals surface area contributed by atoms with Gasteiger partial charge in [0.1, 0.15) is 5.82 Å². The van der Waals surface area contributed by atoms with Gasteiger partial charge in [0, 0.05) is 26.5 Å². The first-order chi connectivity index (χ1) is 14.9. The fraction of sp³-hybridized carbons (Fsp3) is 0.318. The van der Waals surface area contributed by atoms with Crippen molar-refractivity contribution in [3.8, 4) is 5.75 Å². The molecule has 32 heavy (non-hydrogen) atoms. The van der Waals surface area contributed by atoms with E-state index < -0.39 is 10.3 Å². The van der Waals surface area contributed by atoms with Crippen molar-refractivity contribution in [1.29, 1.82) is 0 Å². The third-order valence-corrected chi connectivity index (χ3v) is 5.12. The molecule has 2 aromatic carbocycles. The zero-order valence-corrected chi connectivity index (χ0v) is 20.6. The summed E-state index contributed by atoms with van der Waals surface area (Å²) in [6, 6.07) is 7.98. The topological polar surface area (TPSA) is 99.6 Å². The maximum absolute atomic E-state index is 13.3. The van der Waals surface area contributed by atoms with Gasteiger partial charge in [0.25, 0.3) is 5.56 Å². The number of rotatable bonds is 5. The van der Waals surface area contributed by atoms with E-state index in [2.05, 4.69) is 26.0 Å². The minimum Gasteiger partial charge on any atom is -0.484 e. The van der Waals surface area contributed by atoms with E-state index in [0.29, 0.717) is 16.7 Å². The van der Waals surface area contributed by atoms with Crippen molar-refractivity contribution in [1.82, 2.24) is 9.66 Å². The maximum Gasteiger partial charge on any atom is 0.313 e. The predicted molar refractivity (Wildman–Crippen MR) is 129 cm³/mol. The Balaban J connectivity index is 2.28. The third kappa shape index (κ3) is 4.99. The van der Waals surface area contributed by atoms with E-state index in [9.17, 15) is 14.9 Å². The van der Waals surface area contributed by atoms with Crippen LogP contribution in [0.15, 0.2) is 44.7 Å². The highest BCUT2D eigenvalue weighted by Crippen LogP contribution is 2.34. The molecule has 0 aliphatic carbocycles. The molecule has 0 atom stereocenters. The first-order valence-electron chi connectivity index (χ1n) is 9.80. The van der Waals surface area contributed by atoms with Crippen LogP contribution < -0.4 is 10.3 Å². The Morgan fingerprint density at radius 1 is 1.28 bits per heavy atom. The second kappa shape index (κ2) is 8.99. The lowest BCUT2D eigenvalue weighted by molar-refractivity contribution is -0.386. The van der Waals surface area contributed by atoms with Crippen molar-refractivity contribution >= 4 is 50.3 Å². The number of hydrogen-bond acceptors (Lipinski definition) is 6. The van der Waals surface area contributed by atoms with Crippen molar-refractivity contribution < 1.29 is 9.66 Å². The minimum absolute atomic E-state index is 0.0278. The molecule has 168 valence electrons. The predicted octanol–water partition coefficient (Wildman–Crippen LogP) is 5.69. The van der Waals surface area contributed by atoms with Crippen LogP contribution in [0.3, 0.4) is 0 Å². The smallest absolute Gasteiger partial charge is 0.313 e. The second-order valence-electron chi connectivity index (χ2n) is 8.48. The zero-order chi connectivity index (χ0) is 23.8. The highest BCUT2D eigenvalue weighted by Gasteiger charge is 2.24. The van der Waals surface area contributed by atoms with Crippen molar-refractivity contribution in [3.05, 3.63) is 71.7 Å². The molecule has 1 heterocycles. The van der Waals surface area contributed by atoms with Crippen molar-refractivity contribution in [2.24, 2.45) is 5.10 Å². The minimum atomic E-state index is -0.567. The van der Waals surface area contributed by atoms with Crippen LogP contribution in [0.2, 0.25) is 5.02 Å². The molecule has 0 spiro atoms. The fourth-order valence-corrected chi connectivity index (χ4v) is 3.64. The summed E-state index contributed by atoms with van der Waals surface area (Å²) in [6.07, 6.45) is 1.01. The molecular formula is C22H22BrClN4O4. The van der Waals surface area contributed by atoms with Gasteiger partial charge in [0.05, 0.1) is 28.1 Å². The van der Waals surface area contributed by atoms with Crippen LogP contribution in [0.25, 0.3) is 10.9 Å². The van der Waals surface area contributed by atoms with Crippen LogP contribution in [-0.2, 0) is 5.41 Å². The summed E-state index contributed by atoms with van der Waals surface area (Å²) in [7, 11) is 0. The molecule has 0 N–H and O–H groups in total. The van der Waals surface area contributed by atoms with E-state index in [1.165, 1.54) is 23.0 Å². The number of nitrogens with zero attached hydrogens (tertiary/aromatic N) is 4. The van der Waals surface area contributed by atoms with Crippen LogP contribution in [-0.4, -0.2) is 26.9 Å². The van der Waals surface area contributed by atoms with E-state index in [-0.39, 0.29) is 33.7 Å². The number of aromatic nitrogens is 2. The molecule has 0 amide bonds. The molecule has 0 unspecified atom stereocenters. The molecule has 8 nitrogen and oxygen atoms in total. The SMILES string of the molecule is CC(C)Oc1c(C=Nn2c(C(C)(C)C)nc3ccc(Br)cc3c2=O)cc(Cl)cc1[N+](=O)[O-]. The number of nitro groups is 1. The van der Waals surface area contributed by atoms with E-state index in [4.69, 9.17) is 16.3 Å². The van der Waals surface area contributed by atoms with E-state index >= 15 is 0 Å². The number of nitro benzene ring substituents is 1. The van der Waals surface area contributed by atoms with E-state index in [0.717, 1.165) is 4.47 Å². The standard InChI is InChI=1S/C22H22BrClN4O4/c1-12(2)32-19-13(8-15(24)10-18(19)28(30)31)11-25-27-20(29)16-9-14(23)6-7-17(16)26-21(27)22(3,4)5/h6-12H,1-5H3. The Morgan fingerprint density at radius 2 is 1.97 bits per heavy atom. The fourth-order valence-electron chi connectivity index (χ4n) is 3.06. The molecular weight excluding hydrogens is 500 g/mol. The number of halogens is 2. The van der Waals surface area contributed by atoms with Gasteiger partial charge < -0.3 is 4.74 Å². The zero-order valence-electron chi connectivity index (χ0n) is 18.2. The average molecular weight is 522 g/mol. The molecule has 0 radical (unpaired) electrons. The molecule has 0 fully saturated rings. The van der Waals surface area contributed by atoms with E-state index in [1.54, 1.807) is 26.0 Å². The number of ether oxygens (including phenoxy) is 1. The monoisotopic (exact) mass is 520 g/mol. The lowest BCUT2D eigenvalue weighted by atomic mass is 9.95. The highest BCUT2D eigenvalue weighted by molar-refractivity contribution is 9.10. The summed E-state index contributed by atoms with van der Waals surface area (Å²) in [5, 5.41) is 16.5. The van der Waals surface area contributed by atoms with Crippen LogP contribution in [0, 0.1) is 10.1 Å². The number of hydrogen-bond donors (Lipinski definition) is 0. The Labute approximate surface area is 198 Å². The summed E-state index contributed by atoms with van der Waals surface area (Å²) in [5.41, 5.74) is -0.317. The largest absolute Gasteiger partial charge is 0.484 e. The Hall–Kier alpha value is -2.78. The maximum atomic E-state index is 13.3. The first kappa shape index (κ1) is 23.9. The van der Waals surface area contributed by atoms with Gasteiger partial charge >= 0.3 is 5.69 Å². The van der Waals surface area contributed by atoms with Gasteiger partial charge in [-0.1, -0.05) is 48.3 Å². The molecule has 10 heteroatoms. The molecule has 1 aromatic heterocycles. The molecule has 3 rings (SSSR count). The molecule has 0 aliphatic rings. The Morgan fingerprint density at radius 3 is 2.56 bits per heavy atom. The normalized spacial score (nSPS) is 12.1. The highest BCUT2D eigenvalue weighted by atomic mass is 79.9. The first-order valence-corrected chi connectivity index (χ1v) is 11.0. The average Bonchev–Trinajstić information content (AvgIpc) is 2.67. The van der Waals surface area contributed by atoms with Gasteiger partial charge in [-0.25, -0.2) is 4.98 Å². The molecule has 0 aliphatic heterocycles. The summed E-state index contributed by atoms with van der Waals surface area (Å²) in [5.74, 6) is 0.469. The third-order valence-electron chi connectivity index (χ3n) is 4.40. The van der Waals surface area contributed by atoms with Crippen LogP contribution >= 0.6 is 27.5 Å². The molecule has 0 bridgehead atoms. The molecule has 0 saturated heterocycles. The van der Waals surface area contributed by atoms with Crippen LogP contribution in [0.5, 0.6) is 5.75 Å². The second-order valence-corrected chi connectivity index (χ2v) is 9.83. The van der Waals surface area contributed by atoms with Gasteiger partial charge in [-0.05, 0) is 38.1 Å². The summed E-state index contributed by atoms with van der Waals surface area (Å²) in [4.78, 5) is 28.9. The summed E-state index contributed by atoms with van der Waals surface area (Å²) in [6.45, 7) is 9.27. The lowest BCUT2D eigenvalue weighted by Gasteiger charge is -2.21. The Bertz CT molecular complexity index is 1300. The summed E-state index contributed by atoms with van der Waals surface area (Å²) >= 11 is 9.48. The quantitative estimate of drug-likeness (QED) is 0.244. The molecule has 3 aromatic rings. The number of benzene rings is 2. The Kier molecular flexibility index (Phi) is 6.71. The van der Waals surface area contributed by atoms with Crippen LogP contribution in [0.1, 0.15) is 46.0 Å². The van der Waals surface area contributed by atoms with Gasteiger partial charge in [-0.15, -0.1) is 0 Å². The van der Waals surface area contributed by atoms with Gasteiger partial charge in [-0.2, -0.15) is 9.78 Å². The van der Waals surface area contributed by atoms with Crippen molar-refractivity contribution in [2.45, 2.75) is 46.1 Å². The summed E-state index contributed by atoms with van der Waals surface area (Å²) < 4.78 is 7.64. The van der Waals surface area contributed by atoms with Gasteiger partial charge in [-0.3, -0.25) is 14.9 Å². The van der Waals surface area contributed by atoms with Crippen molar-refractivity contribution in [3.63, 3.8) is 0 Å². The molecule has 0 saturated carbocycles. The van der Waals surface area contributed by atoms with Gasteiger partial charge in [0.2, 0.25) is 5.75 Å². The van der Waals surface area contributed by atoms with E-state index in [1.807, 2.05) is 26.8 Å².